The third kappa shape index (κ3) is 7.46. The maximum absolute atomic E-state index is 4.85. The number of hydrogen-bond donors (Lipinski definition) is 0. The van der Waals surface area contributed by atoms with Crippen molar-refractivity contribution >= 4 is 33.9 Å². The molecule has 0 aromatic rings. The summed E-state index contributed by atoms with van der Waals surface area (Å²) in [6.45, 7) is 5.10. The minimum atomic E-state index is -1.11. The number of halogens is 2. The molecule has 0 spiro atoms. The summed E-state index contributed by atoms with van der Waals surface area (Å²) in [4.78, 5) is 0. The van der Waals surface area contributed by atoms with Gasteiger partial charge in [-0.1, -0.05) is 5.57 Å². The summed E-state index contributed by atoms with van der Waals surface area (Å²) in [5.74, 6) is 0. The largest absolute Gasteiger partial charge is 0 e. The molecular weight excluding hydrogens is 755 g/mol. The van der Waals surface area contributed by atoms with Crippen LogP contribution in [-0.4, -0.2) is 39.4 Å². The molecule has 6 saturated carbocycles. The van der Waals surface area contributed by atoms with Gasteiger partial charge in [0.15, 0.2) is 5.40 Å². The molecule has 0 radical (unpaired) electrons. The van der Waals surface area contributed by atoms with Crippen molar-refractivity contribution in [3.63, 3.8) is 0 Å². The average Bonchev–Trinajstić information content (AvgIpc) is 3.81. The molecule has 0 amide bonds. The van der Waals surface area contributed by atoms with Crippen molar-refractivity contribution in [3.8, 4) is 0 Å². The monoisotopic (exact) mass is 818 g/mol. The molecule has 0 aliphatic heterocycles. The minimum Gasteiger partial charge on any atom is 0 e. The second-order valence-corrected chi connectivity index (χ2v) is 27.2. The first-order chi connectivity index (χ1) is 19.6. The molecule has 0 atom stereocenters. The van der Waals surface area contributed by atoms with Gasteiger partial charge in [-0.2, -0.15) is 0 Å². The van der Waals surface area contributed by atoms with Crippen LogP contribution in [0.2, 0.25) is 0 Å². The van der Waals surface area contributed by atoms with Crippen LogP contribution in [0.15, 0.2) is 11.6 Å². The van der Waals surface area contributed by atoms with E-state index >= 15 is 0 Å². The zero-order valence-electron chi connectivity index (χ0n) is 26.4. The van der Waals surface area contributed by atoms with E-state index < -0.39 is 14.5 Å². The maximum Gasteiger partial charge on any atom is 0 e. The van der Waals surface area contributed by atoms with Gasteiger partial charge in [-0.3, -0.25) is 0 Å². The summed E-state index contributed by atoms with van der Waals surface area (Å²) in [6.07, 6.45) is 41.9. The first-order valence-electron chi connectivity index (χ1n) is 17.9. The summed E-state index contributed by atoms with van der Waals surface area (Å²) < 4.78 is 0. The number of allylic oxidation sites excluding steroid dienone is 2. The molecule has 0 aromatic carbocycles. The molecule has 41 heavy (non-hydrogen) atoms. The fourth-order valence-electron chi connectivity index (χ4n) is 12.1. The number of hydrogen-bond acceptors (Lipinski definition) is 0. The summed E-state index contributed by atoms with van der Waals surface area (Å²) in [5.41, 5.74) is 8.75. The van der Waals surface area contributed by atoms with Gasteiger partial charge in [-0.05, 0) is 174 Å². The molecule has 6 rings (SSSR count). The second kappa shape index (κ2) is 17.5. The first kappa shape index (κ1) is 36.3. The SMILES string of the molecule is CC(C)=CC([P+](C1CCCC1)(C1CCCC1)C1CCCC1)[P+](C1CCCC1)(C1CCCC1)C1CCCC1.[Cl][Ru][Cl].[Ru]. The van der Waals surface area contributed by atoms with Gasteiger partial charge in [0.05, 0.1) is 48.5 Å². The topological polar surface area (TPSA) is 0 Å². The average molecular weight is 818 g/mol. The fraction of sp³-hybridized carbons (Fsp3) is 0.943. The van der Waals surface area contributed by atoms with E-state index in [0.29, 0.717) is 0 Å². The molecule has 0 nitrogen and oxygen atoms in total. The van der Waals surface area contributed by atoms with Crippen LogP contribution in [0.5, 0.6) is 0 Å². The van der Waals surface area contributed by atoms with Crippen LogP contribution in [-0.2, 0) is 34.6 Å². The van der Waals surface area contributed by atoms with Crippen LogP contribution in [0.3, 0.4) is 0 Å². The summed E-state index contributed by atoms with van der Waals surface area (Å²) in [7, 11) is 7.49. The molecule has 0 bridgehead atoms. The van der Waals surface area contributed by atoms with Crippen molar-refractivity contribution in [2.45, 2.75) is 207 Å². The van der Waals surface area contributed by atoms with E-state index in [1.54, 1.807) is 160 Å². The smallest absolute Gasteiger partial charge is 0 e. The zero-order valence-corrected chi connectivity index (χ0v) is 33.2. The van der Waals surface area contributed by atoms with Crippen molar-refractivity contribution in [3.05, 3.63) is 11.6 Å². The fourth-order valence-corrected chi connectivity index (χ4v) is 33.1. The Morgan fingerprint density at radius 1 is 0.488 bits per heavy atom. The molecule has 0 saturated heterocycles. The van der Waals surface area contributed by atoms with Gasteiger partial charge in [0.2, 0.25) is 0 Å². The Bertz CT molecular complexity index is 644. The zero-order chi connectivity index (χ0) is 28.0. The second-order valence-electron chi connectivity index (χ2n) is 15.1. The van der Waals surface area contributed by atoms with Gasteiger partial charge in [0.25, 0.3) is 0 Å². The van der Waals surface area contributed by atoms with E-state index in [0.717, 1.165) is 5.40 Å². The van der Waals surface area contributed by atoms with Gasteiger partial charge >= 0.3 is 34.5 Å². The molecular formula is C35H62Cl2P2Ru2+2. The molecule has 6 heteroatoms. The van der Waals surface area contributed by atoms with Crippen molar-refractivity contribution < 1.29 is 34.6 Å². The van der Waals surface area contributed by atoms with E-state index in [1.807, 2.05) is 0 Å². The Morgan fingerprint density at radius 2 is 0.659 bits per heavy atom. The van der Waals surface area contributed by atoms with Gasteiger partial charge in [0, 0.05) is 19.5 Å². The number of rotatable bonds is 9. The third-order valence-electron chi connectivity index (χ3n) is 13.1. The van der Waals surface area contributed by atoms with Gasteiger partial charge < -0.3 is 0 Å². The van der Waals surface area contributed by atoms with Crippen LogP contribution < -0.4 is 0 Å². The predicted octanol–water partition coefficient (Wildman–Crippen LogP) is 13.3. The molecule has 6 aliphatic rings. The summed E-state index contributed by atoms with van der Waals surface area (Å²) >= 11 is -0.346. The van der Waals surface area contributed by atoms with E-state index in [4.69, 9.17) is 19.4 Å². The molecule has 0 heterocycles. The van der Waals surface area contributed by atoms with Crippen molar-refractivity contribution in [2.24, 2.45) is 0 Å². The molecule has 0 unspecified atom stereocenters. The molecule has 6 fully saturated rings. The van der Waals surface area contributed by atoms with Crippen molar-refractivity contribution in [1.29, 1.82) is 0 Å². The minimum absolute atomic E-state index is 0. The normalized spacial score (nSPS) is 26.3. The van der Waals surface area contributed by atoms with E-state index in [9.17, 15) is 0 Å². The molecule has 0 N–H and O–H groups in total. The van der Waals surface area contributed by atoms with Crippen LogP contribution in [0.1, 0.15) is 168 Å². The molecule has 6 aliphatic carbocycles. The van der Waals surface area contributed by atoms with E-state index in [1.165, 1.54) is 34.0 Å². The van der Waals surface area contributed by atoms with E-state index in [-0.39, 0.29) is 34.6 Å². The third-order valence-corrected chi connectivity index (χ3v) is 28.4. The molecule has 0 aromatic heterocycles. The van der Waals surface area contributed by atoms with Crippen molar-refractivity contribution in [2.75, 3.05) is 0 Å². The summed E-state index contributed by atoms with van der Waals surface area (Å²) in [6, 6.07) is 0. The van der Waals surface area contributed by atoms with Gasteiger partial charge in [-0.15, -0.1) is 0 Å². The van der Waals surface area contributed by atoms with Crippen molar-refractivity contribution in [1.82, 2.24) is 0 Å². The van der Waals surface area contributed by atoms with Crippen LogP contribution in [0.25, 0.3) is 0 Å². The maximum atomic E-state index is 4.85. The van der Waals surface area contributed by atoms with Crippen LogP contribution >= 0.6 is 33.9 Å². The van der Waals surface area contributed by atoms with Gasteiger partial charge in [0.1, 0.15) is 0 Å². The Labute approximate surface area is 285 Å². The Hall–Kier alpha value is 2.43. The van der Waals surface area contributed by atoms with Gasteiger partial charge in [-0.25, -0.2) is 0 Å². The van der Waals surface area contributed by atoms with E-state index in [2.05, 4.69) is 19.9 Å². The van der Waals surface area contributed by atoms with Crippen LogP contribution in [0, 0.1) is 0 Å². The standard InChI is InChI=1S/C35H62P2.2ClH.2Ru/c1-28(2)27-35(36(29-15-3-4-16-29,30-17-5-6-18-30)31-19-7-8-20-31)37(32-21-9-10-22-32,33-23-11-12-24-33)34-25-13-14-26-34;;;;/h27,29-35H,3-26H2,1-2H3;2*1H;;/q+2;;;;+2/p-2. The Kier molecular flexibility index (Phi) is 15.5. The summed E-state index contributed by atoms with van der Waals surface area (Å²) in [5, 5.41) is 1.11. The first-order valence-corrected chi connectivity index (χ1v) is 26.5. The predicted molar refractivity (Wildman–Crippen MR) is 182 cm³/mol. The Morgan fingerprint density at radius 3 is 0.805 bits per heavy atom. The quantitative estimate of drug-likeness (QED) is 0.124. The Balaban J connectivity index is 0.000000929. The molecule has 240 valence electrons. The van der Waals surface area contributed by atoms with Crippen LogP contribution in [0.4, 0.5) is 0 Å².